The minimum absolute atomic E-state index is 0.00208. The van der Waals surface area contributed by atoms with Gasteiger partial charge in [0.2, 0.25) is 5.95 Å². The molecule has 5 unspecified atom stereocenters. The third kappa shape index (κ3) is 9.21. The lowest BCUT2D eigenvalue weighted by Crippen LogP contribution is -2.36. The highest BCUT2D eigenvalue weighted by atomic mass is 31.2. The largest absolute Gasteiger partial charge is 0.472 e. The number of halogens is 2. The quantitative estimate of drug-likeness (QED) is 0.0458. The van der Waals surface area contributed by atoms with E-state index in [1.807, 2.05) is 0 Å². The van der Waals surface area contributed by atoms with E-state index < -0.39 is 123 Å². The number of ether oxygens (including phenoxy) is 3. The zero-order valence-corrected chi connectivity index (χ0v) is 36.5. The smallest absolute Gasteiger partial charge is 0.387 e. The van der Waals surface area contributed by atoms with Crippen molar-refractivity contribution >= 4 is 74.5 Å². The maximum atomic E-state index is 16.6. The third-order valence-electron chi connectivity index (χ3n) is 10.6. The van der Waals surface area contributed by atoms with E-state index in [-0.39, 0.29) is 51.1 Å². The first-order chi connectivity index (χ1) is 32.1. The first kappa shape index (κ1) is 47.9. The number of alkyl halides is 2. The first-order valence-corrected chi connectivity index (χ1v) is 23.8. The van der Waals surface area contributed by atoms with E-state index >= 15 is 8.78 Å². The molecule has 0 aliphatic carbocycles. The molecule has 38 heteroatoms. The molecule has 6 aromatic heterocycles. The summed E-state index contributed by atoms with van der Waals surface area (Å²) in [6, 6.07) is 0. The minimum atomic E-state index is -5.63. The summed E-state index contributed by atoms with van der Waals surface area (Å²) in [6.45, 7) is -3.37. The lowest BCUT2D eigenvalue weighted by molar-refractivity contribution is -0.0613. The van der Waals surface area contributed by atoms with Crippen LogP contribution in [-0.4, -0.2) is 163 Å². The van der Waals surface area contributed by atoms with Gasteiger partial charge in [0.1, 0.15) is 66.4 Å². The molecule has 0 spiro atoms. The number of fused-ring (bicyclic) bond motifs is 3. The average molecular weight is 1030 g/mol. The third-order valence-corrected chi connectivity index (χ3v) is 13.1. The number of aromatic amines is 1. The Hall–Kier alpha value is -5.16. The average Bonchev–Trinajstić information content (AvgIpc) is 4.13. The Morgan fingerprint density at radius 2 is 1.06 bits per heavy atom. The molecule has 9 rings (SSSR count). The Kier molecular flexibility index (Phi) is 12.7. The van der Waals surface area contributed by atoms with Crippen molar-refractivity contribution in [1.82, 2.24) is 58.6 Å². The number of nitrogens with one attached hydrogen (secondary N) is 1. The molecule has 6 aromatic rings. The van der Waals surface area contributed by atoms with E-state index in [9.17, 15) is 48.3 Å². The molecule has 13 N–H and O–H groups in total. The fourth-order valence-electron chi connectivity index (χ4n) is 7.57. The number of hydrogen-bond donors (Lipinski definition) is 10. The van der Waals surface area contributed by atoms with E-state index in [2.05, 4.69) is 49.4 Å². The molecular formula is C30H36F2N15O18P3. The number of nitrogens with two attached hydrogens (primary N) is 3. The van der Waals surface area contributed by atoms with E-state index in [4.69, 9.17) is 49.5 Å². The van der Waals surface area contributed by atoms with Crippen LogP contribution >= 0.6 is 23.5 Å². The predicted octanol–water partition coefficient (Wildman–Crippen LogP) is -2.25. The van der Waals surface area contributed by atoms with Gasteiger partial charge in [-0.1, -0.05) is 0 Å². The van der Waals surface area contributed by atoms with Gasteiger partial charge in [-0.15, -0.1) is 0 Å². The number of phosphoric ester groups is 3. The van der Waals surface area contributed by atoms with E-state index in [1.165, 1.54) is 0 Å². The number of aliphatic hydroxyl groups excluding tert-OH is 2. The second-order valence-electron chi connectivity index (χ2n) is 15.0. The highest BCUT2D eigenvalue weighted by Gasteiger charge is 2.54. The van der Waals surface area contributed by atoms with Crippen molar-refractivity contribution in [2.75, 3.05) is 37.0 Å². The lowest BCUT2D eigenvalue weighted by Gasteiger charge is -2.25. The molecule has 0 bridgehead atoms. The van der Waals surface area contributed by atoms with Gasteiger partial charge in [0, 0.05) is 0 Å². The van der Waals surface area contributed by atoms with Gasteiger partial charge in [0.15, 0.2) is 65.1 Å². The van der Waals surface area contributed by atoms with Crippen LogP contribution in [0.2, 0.25) is 0 Å². The van der Waals surface area contributed by atoms with E-state index in [0.717, 1.165) is 45.3 Å². The molecule has 0 radical (unpaired) electrons. The van der Waals surface area contributed by atoms with Crippen LogP contribution in [-0.2, 0) is 50.5 Å². The predicted molar refractivity (Wildman–Crippen MR) is 215 cm³/mol. The summed E-state index contributed by atoms with van der Waals surface area (Å²) < 4.78 is 117. The molecule has 3 fully saturated rings. The summed E-state index contributed by atoms with van der Waals surface area (Å²) >= 11 is 0. The fraction of sp³-hybridized carbons (Fsp3) is 0.500. The van der Waals surface area contributed by atoms with Crippen molar-refractivity contribution < 1.29 is 89.1 Å². The van der Waals surface area contributed by atoms with Crippen LogP contribution in [0.25, 0.3) is 33.5 Å². The molecule has 9 heterocycles. The molecule has 3 aliphatic heterocycles. The molecule has 14 atom stereocenters. The number of rotatable bonds is 16. The highest BCUT2D eigenvalue weighted by Crippen LogP contribution is 2.53. The highest BCUT2D eigenvalue weighted by molar-refractivity contribution is 7.47. The van der Waals surface area contributed by atoms with Crippen LogP contribution in [0.15, 0.2) is 36.4 Å². The Labute approximate surface area is 374 Å². The summed E-state index contributed by atoms with van der Waals surface area (Å²) in [5.74, 6) is -0.556. The van der Waals surface area contributed by atoms with Crippen molar-refractivity contribution in [2.45, 2.75) is 73.8 Å². The zero-order valence-electron chi connectivity index (χ0n) is 33.8. The van der Waals surface area contributed by atoms with Crippen molar-refractivity contribution in [2.24, 2.45) is 0 Å². The van der Waals surface area contributed by atoms with Crippen molar-refractivity contribution in [1.29, 1.82) is 0 Å². The Bertz CT molecular complexity index is 3070. The zero-order chi connectivity index (χ0) is 48.6. The molecule has 368 valence electrons. The number of nitrogens with zero attached hydrogens (tertiary/aromatic N) is 11. The number of imidazole rings is 3. The number of nitrogen functional groups attached to an aromatic ring is 3. The number of H-pyrrole nitrogens is 1. The van der Waals surface area contributed by atoms with Gasteiger partial charge in [-0.2, -0.15) is 4.98 Å². The molecule has 0 saturated carbocycles. The topological polar surface area (TPSA) is 475 Å². The Morgan fingerprint density at radius 1 is 0.618 bits per heavy atom. The Balaban J connectivity index is 0.927. The van der Waals surface area contributed by atoms with Gasteiger partial charge >= 0.3 is 23.5 Å². The van der Waals surface area contributed by atoms with Crippen LogP contribution in [0.1, 0.15) is 18.7 Å². The minimum Gasteiger partial charge on any atom is -0.387 e. The summed E-state index contributed by atoms with van der Waals surface area (Å²) in [6.07, 6.45) is -18.5. The monoisotopic (exact) mass is 1030 g/mol. The molecule has 3 saturated heterocycles. The van der Waals surface area contributed by atoms with Crippen LogP contribution in [0.3, 0.4) is 0 Å². The maximum absolute atomic E-state index is 16.6. The molecule has 68 heavy (non-hydrogen) atoms. The molecule has 3 aliphatic rings. The second-order valence-corrected chi connectivity index (χ2v) is 19.0. The number of aliphatic hydroxyl groups is 2. The number of hydrogen-bond acceptors (Lipinski definition) is 25. The first-order valence-electron chi connectivity index (χ1n) is 19.3. The molecule has 0 aromatic carbocycles. The van der Waals surface area contributed by atoms with Gasteiger partial charge in [0.05, 0.1) is 38.8 Å². The van der Waals surface area contributed by atoms with Gasteiger partial charge in [0.25, 0.3) is 5.56 Å². The van der Waals surface area contributed by atoms with Crippen LogP contribution in [0.4, 0.5) is 26.4 Å². The molecular weight excluding hydrogens is 989 g/mol. The number of anilines is 3. The van der Waals surface area contributed by atoms with Crippen molar-refractivity contribution in [3.63, 3.8) is 0 Å². The lowest BCUT2D eigenvalue weighted by atomic mass is 10.1. The van der Waals surface area contributed by atoms with Crippen LogP contribution in [0, 0.1) is 0 Å². The molecule has 0 amide bonds. The standard InChI is InChI=1S/C30H36F2N15O18P3/c31-12-19(10(2-58-66(51,52)53)62-27(12)45-6-40-14-21(33)36-4-38-23(14)45)64-68(56,57)60-3-11-20(13(32)28(63-11)46-7-41-15-22(34)37-5-39-24(15)46)65-67(54,55)59-1-9-17(48)18(49)29(61-9)47-8-42-16-25(47)43-30(35)44-26(16)50/h4-13,17-20,27-29,48-49H,1-3H2,(H,54,55)(H,56,57)(H2,33,36,38)(H2,34,37,39)(H2,51,52,53)(H3,35,43,44,50)/t9-,10-,11-,12?,13?,17+,18?,19+,20+,27-,28-,29-/m1/s1. The van der Waals surface area contributed by atoms with E-state index in [1.54, 1.807) is 0 Å². The SMILES string of the molecule is Nc1nc2c(ncn2[C@@H]2O[C@H](COP(=O)(O)O[C@@H]3C(F)[C@H](n4cnc5c(N)ncnc54)O[C@@H]3COP(=O)(O)O[C@@H]3C(F)[C@H](n4cnc5c(N)ncnc54)O[C@@H]3COP(=O)(O)O)[C@H](O)C2O)c(=O)[nH]1. The Morgan fingerprint density at radius 3 is 1.56 bits per heavy atom. The summed E-state index contributed by atoms with van der Waals surface area (Å²) in [7, 11) is -16.4. The van der Waals surface area contributed by atoms with Gasteiger partial charge in [-0.05, 0) is 0 Å². The van der Waals surface area contributed by atoms with Gasteiger partial charge in [-0.3, -0.25) is 46.1 Å². The second kappa shape index (κ2) is 18.0. The summed E-state index contributed by atoms with van der Waals surface area (Å²) in [4.78, 5) is 86.5. The van der Waals surface area contributed by atoms with Gasteiger partial charge in [-0.25, -0.2) is 57.4 Å². The molecule has 33 nitrogen and oxygen atoms in total. The van der Waals surface area contributed by atoms with Crippen LogP contribution in [0.5, 0.6) is 0 Å². The number of aromatic nitrogens is 12. The number of phosphoric acid groups is 3. The maximum Gasteiger partial charge on any atom is 0.472 e. The summed E-state index contributed by atoms with van der Waals surface area (Å²) in [5.41, 5.74) is 16.0. The summed E-state index contributed by atoms with van der Waals surface area (Å²) in [5, 5.41) is 21.6. The van der Waals surface area contributed by atoms with Crippen molar-refractivity contribution in [3.05, 3.63) is 42.0 Å². The van der Waals surface area contributed by atoms with Crippen LogP contribution < -0.4 is 22.8 Å². The fourth-order valence-corrected chi connectivity index (χ4v) is 9.82. The normalized spacial score (nSPS) is 30.7. The van der Waals surface area contributed by atoms with E-state index in [0.29, 0.717) is 0 Å². The van der Waals surface area contributed by atoms with Gasteiger partial charge < -0.3 is 61.2 Å². The van der Waals surface area contributed by atoms with Crippen molar-refractivity contribution in [3.8, 4) is 0 Å².